The number of pyridine rings is 1. The summed E-state index contributed by atoms with van der Waals surface area (Å²) in [5.74, 6) is 0. The molecule has 0 atom stereocenters. The number of carbonyl (C=O) groups excluding carboxylic acids is 1. The van der Waals surface area contributed by atoms with Crippen molar-refractivity contribution in [3.63, 3.8) is 0 Å². The second-order valence-electron chi connectivity index (χ2n) is 2.54. The number of aromatic nitrogens is 1. The number of nitrogens with zero attached hydrogens (tertiary/aromatic N) is 1. The minimum atomic E-state index is -2.72. The van der Waals surface area contributed by atoms with Crippen molar-refractivity contribution < 1.29 is 13.6 Å². The topological polar surface area (TPSA) is 56.0 Å². The highest BCUT2D eigenvalue weighted by Crippen LogP contribution is 2.28. The summed E-state index contributed by atoms with van der Waals surface area (Å²) >= 11 is 3.08. The van der Waals surface area contributed by atoms with E-state index in [4.69, 9.17) is 5.73 Å². The lowest BCUT2D eigenvalue weighted by atomic mass is 10.1. The Labute approximate surface area is 87.4 Å². The van der Waals surface area contributed by atoms with E-state index in [9.17, 15) is 13.6 Å². The number of halogens is 3. The molecule has 0 saturated heterocycles. The van der Waals surface area contributed by atoms with Gasteiger partial charge in [-0.3, -0.25) is 9.78 Å². The van der Waals surface area contributed by atoms with Gasteiger partial charge in [-0.05, 0) is 0 Å². The predicted octanol–water partition coefficient (Wildman–Crippen LogP) is 2.31. The van der Waals surface area contributed by atoms with Crippen LogP contribution in [0.1, 0.15) is 28.0 Å². The van der Waals surface area contributed by atoms with Crippen LogP contribution < -0.4 is 5.73 Å². The largest absolute Gasteiger partial charge is 0.398 e. The molecule has 2 N–H and O–H groups in total. The lowest BCUT2D eigenvalue weighted by Gasteiger charge is -2.08. The summed E-state index contributed by atoms with van der Waals surface area (Å²) in [4.78, 5) is 14.3. The normalized spacial score (nSPS) is 10.6. The summed E-state index contributed by atoms with van der Waals surface area (Å²) in [7, 11) is 0. The van der Waals surface area contributed by atoms with Crippen molar-refractivity contribution in [1.82, 2.24) is 4.98 Å². The van der Waals surface area contributed by atoms with Crippen molar-refractivity contribution in [3.8, 4) is 0 Å². The predicted molar refractivity (Wildman–Crippen MR) is 51.6 cm³/mol. The SMILES string of the molecule is Nc1c(C(F)F)cnc(CBr)c1C=O. The molecular formula is C8H7BrF2N2O. The Kier molecular flexibility index (Phi) is 3.51. The molecule has 3 nitrogen and oxygen atoms in total. The average molecular weight is 265 g/mol. The lowest BCUT2D eigenvalue weighted by molar-refractivity contribution is 0.112. The molecule has 0 spiro atoms. The Morgan fingerprint density at radius 1 is 1.64 bits per heavy atom. The number of rotatable bonds is 3. The van der Waals surface area contributed by atoms with Crippen LogP contribution in [0.15, 0.2) is 6.20 Å². The summed E-state index contributed by atoms with van der Waals surface area (Å²) in [6.45, 7) is 0. The number of anilines is 1. The van der Waals surface area contributed by atoms with Gasteiger partial charge in [-0.15, -0.1) is 0 Å². The third-order valence-corrected chi connectivity index (χ3v) is 2.28. The molecular weight excluding hydrogens is 258 g/mol. The van der Waals surface area contributed by atoms with Crippen LogP contribution in [0.5, 0.6) is 0 Å². The molecule has 0 radical (unpaired) electrons. The van der Waals surface area contributed by atoms with Crippen molar-refractivity contribution in [2.75, 3.05) is 5.73 Å². The van der Waals surface area contributed by atoms with E-state index < -0.39 is 12.0 Å². The standard InChI is InChI=1S/C8H7BrF2N2O/c9-1-6-5(3-14)7(12)4(2-13-6)8(10)11/h2-3,8H,1H2,(H2,12,13). The maximum Gasteiger partial charge on any atom is 0.267 e. The van der Waals surface area contributed by atoms with Crippen LogP contribution in [0.4, 0.5) is 14.5 Å². The summed E-state index contributed by atoms with van der Waals surface area (Å²) in [5, 5.41) is 0.300. The first-order valence-electron chi connectivity index (χ1n) is 3.68. The fourth-order valence-corrected chi connectivity index (χ4v) is 1.46. The second kappa shape index (κ2) is 4.45. The highest BCUT2D eigenvalue weighted by atomic mass is 79.9. The van der Waals surface area contributed by atoms with E-state index in [0.29, 0.717) is 17.3 Å². The van der Waals surface area contributed by atoms with Crippen LogP contribution in [0.2, 0.25) is 0 Å². The summed E-state index contributed by atoms with van der Waals surface area (Å²) < 4.78 is 24.7. The summed E-state index contributed by atoms with van der Waals surface area (Å²) in [5.41, 5.74) is 5.19. The van der Waals surface area contributed by atoms with Gasteiger partial charge in [-0.2, -0.15) is 0 Å². The minimum absolute atomic E-state index is 0.0275. The molecule has 6 heteroatoms. The van der Waals surface area contributed by atoms with E-state index in [2.05, 4.69) is 20.9 Å². The van der Waals surface area contributed by atoms with Gasteiger partial charge in [0.15, 0.2) is 6.29 Å². The van der Waals surface area contributed by atoms with Crippen molar-refractivity contribution >= 4 is 27.9 Å². The number of nitrogens with two attached hydrogens (primary N) is 1. The molecule has 0 unspecified atom stereocenters. The van der Waals surface area contributed by atoms with Gasteiger partial charge < -0.3 is 5.73 Å². The summed E-state index contributed by atoms with van der Waals surface area (Å²) in [6.07, 6.45) is -1.29. The van der Waals surface area contributed by atoms with E-state index in [-0.39, 0.29) is 11.3 Å². The Bertz CT molecular complexity index is 357. The van der Waals surface area contributed by atoms with Gasteiger partial charge in [0.05, 0.1) is 22.5 Å². The Balaban J connectivity index is 3.34. The van der Waals surface area contributed by atoms with Crippen LogP contribution >= 0.6 is 15.9 Å². The van der Waals surface area contributed by atoms with Gasteiger partial charge in [0, 0.05) is 11.5 Å². The second-order valence-corrected chi connectivity index (χ2v) is 3.10. The van der Waals surface area contributed by atoms with Crippen molar-refractivity contribution in [2.24, 2.45) is 0 Å². The van der Waals surface area contributed by atoms with Crippen molar-refractivity contribution in [3.05, 3.63) is 23.0 Å². The smallest absolute Gasteiger partial charge is 0.267 e. The molecule has 0 aliphatic carbocycles. The zero-order valence-electron chi connectivity index (χ0n) is 7.01. The Hall–Kier alpha value is -1.04. The van der Waals surface area contributed by atoms with Gasteiger partial charge in [-0.1, -0.05) is 15.9 Å². The summed E-state index contributed by atoms with van der Waals surface area (Å²) in [6, 6.07) is 0. The van der Waals surface area contributed by atoms with Gasteiger partial charge in [0.2, 0.25) is 0 Å². The number of aldehydes is 1. The van der Waals surface area contributed by atoms with Crippen LogP contribution in [0.3, 0.4) is 0 Å². The molecule has 0 bridgehead atoms. The molecule has 0 aliphatic heterocycles. The fourth-order valence-electron chi connectivity index (χ4n) is 1.01. The van der Waals surface area contributed by atoms with Gasteiger partial charge in [0.1, 0.15) is 0 Å². The number of carbonyl (C=O) groups is 1. The van der Waals surface area contributed by atoms with Crippen molar-refractivity contribution in [2.45, 2.75) is 11.8 Å². The molecule has 1 heterocycles. The van der Waals surface area contributed by atoms with Crippen LogP contribution in [-0.4, -0.2) is 11.3 Å². The zero-order valence-corrected chi connectivity index (χ0v) is 8.59. The molecule has 0 saturated carbocycles. The van der Waals surface area contributed by atoms with Gasteiger partial charge in [0.25, 0.3) is 6.43 Å². The average Bonchev–Trinajstić information content (AvgIpc) is 2.16. The first kappa shape index (κ1) is 11.0. The quantitative estimate of drug-likeness (QED) is 0.674. The molecule has 0 aromatic carbocycles. The number of hydrogen-bond donors (Lipinski definition) is 1. The van der Waals surface area contributed by atoms with E-state index in [1.165, 1.54) is 0 Å². The molecule has 1 rings (SSSR count). The molecule has 1 aromatic heterocycles. The van der Waals surface area contributed by atoms with Crippen LogP contribution in [0.25, 0.3) is 0 Å². The first-order valence-corrected chi connectivity index (χ1v) is 4.80. The monoisotopic (exact) mass is 264 g/mol. The van der Waals surface area contributed by atoms with Crippen molar-refractivity contribution in [1.29, 1.82) is 0 Å². The third kappa shape index (κ3) is 1.89. The van der Waals surface area contributed by atoms with Gasteiger partial charge in [-0.25, -0.2) is 8.78 Å². The zero-order chi connectivity index (χ0) is 10.7. The highest BCUT2D eigenvalue weighted by molar-refractivity contribution is 9.08. The van der Waals surface area contributed by atoms with E-state index in [1.807, 2.05) is 0 Å². The van der Waals surface area contributed by atoms with E-state index >= 15 is 0 Å². The van der Waals surface area contributed by atoms with E-state index in [1.54, 1.807) is 0 Å². The van der Waals surface area contributed by atoms with Crippen LogP contribution in [-0.2, 0) is 5.33 Å². The molecule has 76 valence electrons. The third-order valence-electron chi connectivity index (χ3n) is 1.75. The molecule has 0 aliphatic rings. The first-order chi connectivity index (χ1) is 6.61. The number of nitrogen functional groups attached to an aromatic ring is 1. The fraction of sp³-hybridized carbons (Fsp3) is 0.250. The lowest BCUT2D eigenvalue weighted by Crippen LogP contribution is -2.05. The van der Waals surface area contributed by atoms with Gasteiger partial charge >= 0.3 is 0 Å². The highest BCUT2D eigenvalue weighted by Gasteiger charge is 2.17. The molecule has 0 amide bonds. The molecule has 0 fully saturated rings. The Morgan fingerprint density at radius 3 is 2.71 bits per heavy atom. The number of alkyl halides is 3. The molecule has 1 aromatic rings. The minimum Gasteiger partial charge on any atom is -0.398 e. The Morgan fingerprint density at radius 2 is 2.29 bits per heavy atom. The van der Waals surface area contributed by atoms with Crippen LogP contribution in [0, 0.1) is 0 Å². The van der Waals surface area contributed by atoms with E-state index in [0.717, 1.165) is 6.20 Å². The maximum absolute atomic E-state index is 12.3. The maximum atomic E-state index is 12.3. The molecule has 14 heavy (non-hydrogen) atoms. The number of hydrogen-bond acceptors (Lipinski definition) is 3.